The molecular weight excluding hydrogens is 306 g/mol. The van der Waals surface area contributed by atoms with Gasteiger partial charge in [-0.05, 0) is 33.0 Å². The first-order chi connectivity index (χ1) is 10.4. The minimum absolute atomic E-state index is 0.100. The molecule has 1 aliphatic rings. The highest BCUT2D eigenvalue weighted by molar-refractivity contribution is 7.80. The van der Waals surface area contributed by atoms with Gasteiger partial charge in [0.2, 0.25) is 0 Å². The zero-order valence-corrected chi connectivity index (χ0v) is 14.1. The lowest BCUT2D eigenvalue weighted by atomic mass is 9.99. The molecule has 0 unspecified atom stereocenters. The molecule has 1 aliphatic heterocycles. The van der Waals surface area contributed by atoms with Gasteiger partial charge in [0.1, 0.15) is 6.10 Å². The van der Waals surface area contributed by atoms with Gasteiger partial charge < -0.3 is 19.9 Å². The second-order valence-electron chi connectivity index (χ2n) is 5.51. The van der Waals surface area contributed by atoms with Gasteiger partial charge in [-0.25, -0.2) is 0 Å². The Morgan fingerprint density at radius 2 is 2.27 bits per heavy atom. The Balaban J connectivity index is 2.25. The molecule has 8 heteroatoms. The fourth-order valence-corrected chi connectivity index (χ4v) is 2.15. The van der Waals surface area contributed by atoms with Gasteiger partial charge in [0, 0.05) is 18.6 Å². The number of thiocarbonyl (C=S) groups is 1. The van der Waals surface area contributed by atoms with Crippen molar-refractivity contribution in [2.45, 2.75) is 45.8 Å². The van der Waals surface area contributed by atoms with E-state index in [1.165, 1.54) is 0 Å². The molecule has 3 N–H and O–H groups in total. The summed E-state index contributed by atoms with van der Waals surface area (Å²) >= 11 is 4.66. The fourth-order valence-electron chi connectivity index (χ4n) is 2.10. The predicted molar refractivity (Wildman–Crippen MR) is 87.5 cm³/mol. The molecule has 7 nitrogen and oxygen atoms in total. The van der Waals surface area contributed by atoms with E-state index < -0.39 is 0 Å². The lowest BCUT2D eigenvalue weighted by molar-refractivity contribution is -0.146. The van der Waals surface area contributed by atoms with Crippen LogP contribution >= 0.6 is 12.2 Å². The highest BCUT2D eigenvalue weighted by Gasteiger charge is 2.34. The second kappa shape index (κ2) is 9.70. The lowest BCUT2D eigenvalue weighted by Gasteiger charge is -2.11. The molecule has 0 amide bonds. The van der Waals surface area contributed by atoms with Crippen LogP contribution in [0, 0.1) is 5.92 Å². The first kappa shape index (κ1) is 18.8. The molecule has 0 saturated carbocycles. The van der Waals surface area contributed by atoms with Gasteiger partial charge in [-0.3, -0.25) is 10.2 Å². The third kappa shape index (κ3) is 7.67. The monoisotopic (exact) mass is 331 g/mol. The van der Waals surface area contributed by atoms with E-state index in [1.807, 2.05) is 20.8 Å². The van der Waals surface area contributed by atoms with E-state index in [0.29, 0.717) is 32.7 Å². The van der Waals surface area contributed by atoms with Crippen LogP contribution in [-0.2, 0) is 19.0 Å². The van der Waals surface area contributed by atoms with Gasteiger partial charge in [0.05, 0.1) is 31.8 Å². The van der Waals surface area contributed by atoms with Crippen LogP contribution in [0.1, 0.15) is 33.6 Å². The summed E-state index contributed by atoms with van der Waals surface area (Å²) in [5.74, 6) is -0.408. The summed E-state index contributed by atoms with van der Waals surface area (Å²) in [5, 5.41) is 4.09. The summed E-state index contributed by atoms with van der Waals surface area (Å²) in [5.41, 5.74) is 8.55. The fraction of sp³-hybridized carbons (Fsp3) is 0.786. The largest absolute Gasteiger partial charge is 0.460 e. The molecule has 1 rings (SSSR count). The van der Waals surface area contributed by atoms with E-state index in [0.717, 1.165) is 5.71 Å². The quantitative estimate of drug-likeness (QED) is 0.214. The van der Waals surface area contributed by atoms with Crippen molar-refractivity contribution in [2.24, 2.45) is 16.8 Å². The van der Waals surface area contributed by atoms with Crippen LogP contribution in [0.15, 0.2) is 5.10 Å². The normalized spacial score (nSPS) is 22.0. The van der Waals surface area contributed by atoms with Crippen LogP contribution in [-0.4, -0.2) is 48.8 Å². The summed E-state index contributed by atoms with van der Waals surface area (Å²) in [6.07, 6.45) is 1.13. The van der Waals surface area contributed by atoms with E-state index in [4.69, 9.17) is 19.9 Å². The first-order valence-electron chi connectivity index (χ1n) is 7.37. The van der Waals surface area contributed by atoms with Gasteiger partial charge in [-0.15, -0.1) is 0 Å². The maximum atomic E-state index is 11.8. The zero-order valence-electron chi connectivity index (χ0n) is 13.3. The van der Waals surface area contributed by atoms with Gasteiger partial charge in [-0.2, -0.15) is 5.10 Å². The number of esters is 1. The molecule has 0 aromatic heterocycles. The zero-order chi connectivity index (χ0) is 16.5. The van der Waals surface area contributed by atoms with E-state index in [-0.39, 0.29) is 29.2 Å². The Morgan fingerprint density at radius 1 is 1.55 bits per heavy atom. The number of cyclic esters (lactones) is 1. The van der Waals surface area contributed by atoms with E-state index >= 15 is 0 Å². The van der Waals surface area contributed by atoms with Crippen molar-refractivity contribution in [1.29, 1.82) is 0 Å². The Morgan fingerprint density at radius 3 is 2.91 bits per heavy atom. The molecule has 1 fully saturated rings. The number of carbonyl (C=O) groups is 1. The standard InChI is InChI=1S/C14H25N3O4S/c1-9(2)20-5-4-19-8-12-7-11(13(18)21-12)6-10(3)16-17-14(15)22/h9,11-12H,4-8H2,1-3H3,(H3,15,17,22)/b16-10-/t11-,12-/m1/s1. The van der Waals surface area contributed by atoms with Crippen molar-refractivity contribution in [2.75, 3.05) is 19.8 Å². The van der Waals surface area contributed by atoms with Crippen molar-refractivity contribution in [3.8, 4) is 0 Å². The average molecular weight is 331 g/mol. The number of ether oxygens (including phenoxy) is 3. The van der Waals surface area contributed by atoms with Crippen LogP contribution in [0.5, 0.6) is 0 Å². The average Bonchev–Trinajstić information content (AvgIpc) is 2.76. The molecule has 2 atom stereocenters. The van der Waals surface area contributed by atoms with Gasteiger partial charge in [0.15, 0.2) is 5.11 Å². The summed E-state index contributed by atoms with van der Waals surface area (Å²) in [4.78, 5) is 11.8. The summed E-state index contributed by atoms with van der Waals surface area (Å²) in [6.45, 7) is 7.18. The third-order valence-electron chi connectivity index (χ3n) is 3.04. The molecule has 126 valence electrons. The van der Waals surface area contributed by atoms with E-state index in [1.54, 1.807) is 0 Å². The Kier molecular flexibility index (Phi) is 8.29. The molecule has 0 aromatic carbocycles. The summed E-state index contributed by atoms with van der Waals surface area (Å²) in [7, 11) is 0. The van der Waals surface area contributed by atoms with Crippen molar-refractivity contribution in [3.63, 3.8) is 0 Å². The van der Waals surface area contributed by atoms with E-state index in [2.05, 4.69) is 22.7 Å². The maximum Gasteiger partial charge on any atom is 0.309 e. The number of hydrogen-bond donors (Lipinski definition) is 2. The molecule has 0 aliphatic carbocycles. The molecule has 1 saturated heterocycles. The smallest absolute Gasteiger partial charge is 0.309 e. The van der Waals surface area contributed by atoms with Crippen molar-refractivity contribution in [3.05, 3.63) is 0 Å². The van der Waals surface area contributed by atoms with Gasteiger partial charge >= 0.3 is 5.97 Å². The number of hydrazone groups is 1. The second-order valence-corrected chi connectivity index (χ2v) is 5.95. The molecular formula is C14H25N3O4S. The minimum atomic E-state index is -0.211. The van der Waals surface area contributed by atoms with E-state index in [9.17, 15) is 4.79 Å². The summed E-state index contributed by atoms with van der Waals surface area (Å²) in [6, 6.07) is 0. The summed E-state index contributed by atoms with van der Waals surface area (Å²) < 4.78 is 16.1. The van der Waals surface area contributed by atoms with Crippen LogP contribution in [0.25, 0.3) is 0 Å². The molecule has 0 radical (unpaired) electrons. The van der Waals surface area contributed by atoms with Crippen molar-refractivity contribution in [1.82, 2.24) is 5.43 Å². The molecule has 22 heavy (non-hydrogen) atoms. The maximum absolute atomic E-state index is 11.8. The van der Waals surface area contributed by atoms with Crippen LogP contribution in [0.3, 0.4) is 0 Å². The first-order valence-corrected chi connectivity index (χ1v) is 7.77. The SMILES string of the molecule is C/C(C[C@@H]1C[C@H](COCCOC(C)C)OC1=O)=N/NC(N)=S. The van der Waals surface area contributed by atoms with Crippen LogP contribution in [0.4, 0.5) is 0 Å². The molecule has 1 heterocycles. The highest BCUT2D eigenvalue weighted by atomic mass is 32.1. The molecule has 0 aromatic rings. The molecule has 0 bridgehead atoms. The predicted octanol–water partition coefficient (Wildman–Crippen LogP) is 0.959. The Hall–Kier alpha value is -1.25. The van der Waals surface area contributed by atoms with Gasteiger partial charge in [-0.1, -0.05) is 0 Å². The number of nitrogens with two attached hydrogens (primary N) is 1. The number of nitrogens with zero attached hydrogens (tertiary/aromatic N) is 1. The Bertz CT molecular complexity index is 415. The Labute approximate surface area is 136 Å². The topological polar surface area (TPSA) is 95.2 Å². The van der Waals surface area contributed by atoms with Crippen LogP contribution in [0.2, 0.25) is 0 Å². The van der Waals surface area contributed by atoms with Crippen LogP contribution < -0.4 is 11.2 Å². The minimum Gasteiger partial charge on any atom is -0.460 e. The van der Waals surface area contributed by atoms with Gasteiger partial charge in [0.25, 0.3) is 0 Å². The molecule has 0 spiro atoms. The van der Waals surface area contributed by atoms with Crippen molar-refractivity contribution < 1.29 is 19.0 Å². The lowest BCUT2D eigenvalue weighted by Crippen LogP contribution is -2.25. The third-order valence-corrected chi connectivity index (χ3v) is 3.14. The van der Waals surface area contributed by atoms with Crippen molar-refractivity contribution >= 4 is 29.0 Å². The number of carbonyl (C=O) groups excluding carboxylic acids is 1. The highest BCUT2D eigenvalue weighted by Crippen LogP contribution is 2.24. The number of hydrogen-bond acceptors (Lipinski definition) is 6. The number of nitrogens with one attached hydrogen (secondary N) is 1. The number of rotatable bonds is 9.